The van der Waals surface area contributed by atoms with Crippen LogP contribution in [0.1, 0.15) is 30.5 Å². The molecule has 0 aliphatic rings. The lowest BCUT2D eigenvalue weighted by Crippen LogP contribution is -2.37. The van der Waals surface area contributed by atoms with Crippen molar-refractivity contribution in [3.8, 4) is 5.75 Å². The number of carbonyl (C=O) groups excluding carboxylic acids is 1. The molecule has 1 N–H and O–H groups in total. The molecular weight excluding hydrogens is 455 g/mol. The average molecular weight is 485 g/mol. The van der Waals surface area contributed by atoms with Crippen LogP contribution in [0.15, 0.2) is 71.6 Å². The predicted octanol–water partition coefficient (Wildman–Crippen LogP) is 5.90. The molecule has 0 aliphatic heterocycles. The molecule has 180 valence electrons. The summed E-state index contributed by atoms with van der Waals surface area (Å²) >= 11 is 0. The minimum atomic E-state index is -4.12. The highest BCUT2D eigenvalue weighted by Gasteiger charge is 2.20. The number of amides is 2. The molecule has 0 aromatic heterocycles. The summed E-state index contributed by atoms with van der Waals surface area (Å²) < 4.78 is 43.5. The number of aryl methyl sites for hydroxylation is 2. The molecular formula is C26H29FN2O4S. The number of rotatable bonds is 8. The first-order valence-corrected chi connectivity index (χ1v) is 12.4. The van der Waals surface area contributed by atoms with Gasteiger partial charge in [0.2, 0.25) is 0 Å². The van der Waals surface area contributed by atoms with Gasteiger partial charge in [-0.2, -0.15) is 8.42 Å². The number of nitrogens with zero attached hydrogens (tertiary/aromatic N) is 1. The van der Waals surface area contributed by atoms with E-state index in [2.05, 4.69) is 5.32 Å². The zero-order valence-electron chi connectivity index (χ0n) is 19.7. The predicted molar refractivity (Wildman–Crippen MR) is 131 cm³/mol. The Bertz CT molecular complexity index is 1240. The van der Waals surface area contributed by atoms with E-state index in [9.17, 15) is 17.6 Å². The van der Waals surface area contributed by atoms with Gasteiger partial charge in [-0.05, 0) is 72.9 Å². The molecule has 3 rings (SSSR count). The Morgan fingerprint density at radius 1 is 1.00 bits per heavy atom. The molecule has 8 heteroatoms. The quantitative estimate of drug-likeness (QED) is 0.404. The first-order chi connectivity index (χ1) is 16.0. The van der Waals surface area contributed by atoms with Crippen LogP contribution in [0, 0.1) is 25.6 Å². The van der Waals surface area contributed by atoms with Crippen LogP contribution < -0.4 is 9.50 Å². The van der Waals surface area contributed by atoms with E-state index in [4.69, 9.17) is 4.18 Å². The maximum atomic E-state index is 13.1. The van der Waals surface area contributed by atoms with E-state index >= 15 is 0 Å². The van der Waals surface area contributed by atoms with E-state index in [1.807, 2.05) is 45.9 Å². The van der Waals surface area contributed by atoms with E-state index < -0.39 is 15.9 Å². The third kappa shape index (κ3) is 6.57. The zero-order chi connectivity index (χ0) is 24.9. The minimum absolute atomic E-state index is 0.112. The van der Waals surface area contributed by atoms with E-state index in [1.54, 1.807) is 23.1 Å². The van der Waals surface area contributed by atoms with Crippen molar-refractivity contribution in [3.05, 3.63) is 89.2 Å². The lowest BCUT2D eigenvalue weighted by atomic mass is 10.1. The van der Waals surface area contributed by atoms with Crippen LogP contribution in [-0.4, -0.2) is 25.9 Å². The average Bonchev–Trinajstić information content (AvgIpc) is 2.76. The minimum Gasteiger partial charge on any atom is -0.379 e. The molecule has 0 spiro atoms. The Balaban J connectivity index is 1.79. The van der Waals surface area contributed by atoms with E-state index in [0.717, 1.165) is 41.1 Å². The maximum absolute atomic E-state index is 13.1. The Morgan fingerprint density at radius 3 is 2.24 bits per heavy atom. The first kappa shape index (κ1) is 25.2. The molecule has 0 saturated heterocycles. The fraction of sp³-hybridized carbons (Fsp3) is 0.269. The summed E-state index contributed by atoms with van der Waals surface area (Å²) in [4.78, 5) is 14.7. The van der Waals surface area contributed by atoms with Crippen molar-refractivity contribution in [2.24, 2.45) is 5.92 Å². The Labute approximate surface area is 200 Å². The van der Waals surface area contributed by atoms with Crippen LogP contribution in [0.3, 0.4) is 0 Å². The zero-order valence-corrected chi connectivity index (χ0v) is 20.5. The highest BCUT2D eigenvalue weighted by atomic mass is 32.2. The van der Waals surface area contributed by atoms with Crippen LogP contribution in [0.5, 0.6) is 5.75 Å². The van der Waals surface area contributed by atoms with Crippen molar-refractivity contribution in [1.82, 2.24) is 4.90 Å². The number of hydrogen-bond donors (Lipinski definition) is 1. The normalized spacial score (nSPS) is 11.4. The summed E-state index contributed by atoms with van der Waals surface area (Å²) in [6.45, 7) is 8.70. The molecule has 0 bridgehead atoms. The number of urea groups is 1. The Kier molecular flexibility index (Phi) is 7.94. The summed E-state index contributed by atoms with van der Waals surface area (Å²) in [7, 11) is -4.12. The van der Waals surface area contributed by atoms with Crippen LogP contribution >= 0.6 is 0 Å². The second kappa shape index (κ2) is 10.7. The van der Waals surface area contributed by atoms with E-state index in [0.29, 0.717) is 12.1 Å². The van der Waals surface area contributed by atoms with Crippen LogP contribution in [-0.2, 0) is 16.7 Å². The molecule has 0 fully saturated rings. The number of carbonyl (C=O) groups is 1. The summed E-state index contributed by atoms with van der Waals surface area (Å²) in [5, 5.41) is 3.01. The number of nitrogens with one attached hydrogen (secondary N) is 1. The second-order valence-corrected chi connectivity index (χ2v) is 10.2. The number of para-hydroxylation sites is 1. The van der Waals surface area contributed by atoms with Crippen LogP contribution in [0.25, 0.3) is 0 Å². The number of hydrogen-bond acceptors (Lipinski definition) is 4. The molecule has 34 heavy (non-hydrogen) atoms. The smallest absolute Gasteiger partial charge is 0.339 e. The van der Waals surface area contributed by atoms with Crippen molar-refractivity contribution in [2.45, 2.75) is 39.1 Å². The van der Waals surface area contributed by atoms with Gasteiger partial charge in [-0.15, -0.1) is 0 Å². The lowest BCUT2D eigenvalue weighted by molar-refractivity contribution is 0.201. The highest BCUT2D eigenvalue weighted by Crippen LogP contribution is 2.23. The molecule has 2 amide bonds. The fourth-order valence-electron chi connectivity index (χ4n) is 3.55. The van der Waals surface area contributed by atoms with Crippen LogP contribution in [0.2, 0.25) is 0 Å². The molecule has 0 heterocycles. The fourth-order valence-corrected chi connectivity index (χ4v) is 4.47. The van der Waals surface area contributed by atoms with Gasteiger partial charge >= 0.3 is 16.1 Å². The van der Waals surface area contributed by atoms with Gasteiger partial charge in [-0.1, -0.05) is 44.2 Å². The van der Waals surface area contributed by atoms with Gasteiger partial charge in [0.25, 0.3) is 0 Å². The van der Waals surface area contributed by atoms with Gasteiger partial charge in [0, 0.05) is 18.8 Å². The number of anilines is 1. The molecule has 0 atom stereocenters. The van der Waals surface area contributed by atoms with Crippen molar-refractivity contribution in [1.29, 1.82) is 0 Å². The van der Waals surface area contributed by atoms with Crippen molar-refractivity contribution < 1.29 is 21.8 Å². The third-order valence-electron chi connectivity index (χ3n) is 5.17. The summed E-state index contributed by atoms with van der Waals surface area (Å²) in [5.74, 6) is -0.200. The van der Waals surface area contributed by atoms with E-state index in [-0.39, 0.29) is 29.1 Å². The second-order valence-electron chi connectivity index (χ2n) is 8.61. The molecule has 6 nitrogen and oxygen atoms in total. The van der Waals surface area contributed by atoms with Gasteiger partial charge < -0.3 is 14.4 Å². The summed E-state index contributed by atoms with van der Waals surface area (Å²) in [6.07, 6.45) is 0. The number of benzene rings is 3. The van der Waals surface area contributed by atoms with Gasteiger partial charge in [0.1, 0.15) is 16.5 Å². The van der Waals surface area contributed by atoms with Gasteiger partial charge in [-0.3, -0.25) is 0 Å². The van der Waals surface area contributed by atoms with Crippen molar-refractivity contribution >= 4 is 21.8 Å². The topological polar surface area (TPSA) is 75.7 Å². The lowest BCUT2D eigenvalue weighted by Gasteiger charge is -2.26. The summed E-state index contributed by atoms with van der Waals surface area (Å²) in [5.41, 5.74) is 3.44. The largest absolute Gasteiger partial charge is 0.379 e. The molecule has 0 aliphatic carbocycles. The van der Waals surface area contributed by atoms with E-state index in [1.165, 1.54) is 6.07 Å². The number of halogens is 1. The first-order valence-electron chi connectivity index (χ1n) is 11.0. The Hall–Kier alpha value is -3.39. The molecule has 0 saturated carbocycles. The molecule has 3 aromatic carbocycles. The molecule has 3 aromatic rings. The van der Waals surface area contributed by atoms with Crippen LogP contribution in [0.4, 0.5) is 14.9 Å². The summed E-state index contributed by atoms with van der Waals surface area (Å²) in [6, 6.07) is 16.6. The van der Waals surface area contributed by atoms with Crippen molar-refractivity contribution in [3.63, 3.8) is 0 Å². The molecule has 0 unspecified atom stereocenters. The third-order valence-corrected chi connectivity index (χ3v) is 6.43. The van der Waals surface area contributed by atoms with Gasteiger partial charge in [-0.25, -0.2) is 9.18 Å². The van der Waals surface area contributed by atoms with Gasteiger partial charge in [0.05, 0.1) is 0 Å². The van der Waals surface area contributed by atoms with Crippen molar-refractivity contribution in [2.75, 3.05) is 11.9 Å². The Morgan fingerprint density at radius 2 is 1.62 bits per heavy atom. The maximum Gasteiger partial charge on any atom is 0.339 e. The standard InChI is InChI=1S/C26H29FN2O4S/c1-18(2)16-29(26(30)28-25-19(3)7-5-8-20(25)4)17-21-9-6-10-23(15-21)33-34(31,32)24-13-11-22(27)12-14-24/h5-15,18H,16-17H2,1-4H3,(H,28,30). The highest BCUT2D eigenvalue weighted by molar-refractivity contribution is 7.87. The van der Waals surface area contributed by atoms with Gasteiger partial charge in [0.15, 0.2) is 0 Å². The SMILES string of the molecule is Cc1cccc(C)c1NC(=O)N(Cc1cccc(OS(=O)(=O)c2ccc(F)cc2)c1)CC(C)C. The molecule has 0 radical (unpaired) electrons. The monoisotopic (exact) mass is 484 g/mol.